The topological polar surface area (TPSA) is 69.9 Å². The van der Waals surface area contributed by atoms with Gasteiger partial charge in [-0.25, -0.2) is 0 Å². The number of nitrogens with zero attached hydrogens (tertiary/aromatic N) is 3. The highest BCUT2D eigenvalue weighted by Crippen LogP contribution is 2.34. The Kier molecular flexibility index (Phi) is 5.22. The fourth-order valence-corrected chi connectivity index (χ4v) is 2.86. The first-order valence-corrected chi connectivity index (χ1v) is 8.08. The van der Waals surface area contributed by atoms with Crippen LogP contribution in [0.3, 0.4) is 0 Å². The molecule has 2 N–H and O–H groups in total. The van der Waals surface area contributed by atoms with Gasteiger partial charge in [-0.05, 0) is 33.1 Å². The first-order chi connectivity index (χ1) is 10.00. The molecule has 0 atom stereocenters. The average Bonchev–Trinajstić information content (AvgIpc) is 3.24. The molecule has 1 aliphatic heterocycles. The number of nitrogens with two attached hydrogens (primary N) is 1. The molecule has 1 aliphatic carbocycles. The van der Waals surface area contributed by atoms with Gasteiger partial charge in [0.15, 0.2) is 0 Å². The van der Waals surface area contributed by atoms with Crippen molar-refractivity contribution in [1.82, 2.24) is 14.7 Å². The minimum atomic E-state index is -0.577. The molecule has 0 aromatic rings. The average molecular weight is 296 g/mol. The Balaban J connectivity index is 1.83. The van der Waals surface area contributed by atoms with Crippen LogP contribution in [0.1, 0.15) is 33.1 Å². The zero-order valence-corrected chi connectivity index (χ0v) is 13.3. The lowest BCUT2D eigenvalue weighted by molar-refractivity contribution is -0.133. The van der Waals surface area contributed by atoms with Crippen LogP contribution in [0.15, 0.2) is 0 Å². The Morgan fingerprint density at radius 3 is 2.33 bits per heavy atom. The fourth-order valence-electron chi connectivity index (χ4n) is 2.86. The minimum absolute atomic E-state index is 0.0967. The highest BCUT2D eigenvalue weighted by molar-refractivity contribution is 5.89. The number of amides is 2. The summed E-state index contributed by atoms with van der Waals surface area (Å²) in [5.74, 6) is 0.275. The van der Waals surface area contributed by atoms with Gasteiger partial charge in [0.2, 0.25) is 11.8 Å². The maximum Gasteiger partial charge on any atom is 0.242 e. The zero-order chi connectivity index (χ0) is 15.5. The third-order valence-electron chi connectivity index (χ3n) is 4.57. The summed E-state index contributed by atoms with van der Waals surface area (Å²) in [7, 11) is 0. The van der Waals surface area contributed by atoms with E-state index in [1.54, 1.807) is 0 Å². The van der Waals surface area contributed by atoms with Crippen molar-refractivity contribution in [2.45, 2.75) is 38.6 Å². The van der Waals surface area contributed by atoms with Gasteiger partial charge in [-0.15, -0.1) is 0 Å². The van der Waals surface area contributed by atoms with E-state index in [2.05, 4.69) is 4.90 Å². The van der Waals surface area contributed by atoms with Crippen LogP contribution in [0.5, 0.6) is 0 Å². The smallest absolute Gasteiger partial charge is 0.242 e. The number of carbonyl (C=O) groups excluding carboxylic acids is 2. The molecular weight excluding hydrogens is 268 g/mol. The molecule has 2 rings (SSSR count). The third-order valence-corrected chi connectivity index (χ3v) is 4.57. The summed E-state index contributed by atoms with van der Waals surface area (Å²) in [6.07, 6.45) is 2.53. The van der Waals surface area contributed by atoms with Crippen LogP contribution in [0.25, 0.3) is 0 Å². The summed E-state index contributed by atoms with van der Waals surface area (Å²) in [6.45, 7) is 9.03. The summed E-state index contributed by atoms with van der Waals surface area (Å²) in [4.78, 5) is 30.3. The number of hydrogen-bond acceptors (Lipinski definition) is 4. The number of likely N-dealkylation sites (N-methyl/N-ethyl adjacent to an activating group) is 1. The molecule has 2 fully saturated rings. The molecule has 120 valence electrons. The van der Waals surface area contributed by atoms with Gasteiger partial charge in [0.05, 0.1) is 12.1 Å². The van der Waals surface area contributed by atoms with E-state index >= 15 is 0 Å². The van der Waals surface area contributed by atoms with Crippen molar-refractivity contribution < 1.29 is 9.59 Å². The highest BCUT2D eigenvalue weighted by atomic mass is 16.2. The van der Waals surface area contributed by atoms with E-state index in [1.165, 1.54) is 0 Å². The predicted molar refractivity (Wildman–Crippen MR) is 81.7 cm³/mol. The van der Waals surface area contributed by atoms with Gasteiger partial charge in [-0.3, -0.25) is 14.5 Å². The predicted octanol–water partition coefficient (Wildman–Crippen LogP) is -0.120. The molecule has 0 spiro atoms. The molecule has 0 aromatic heterocycles. The van der Waals surface area contributed by atoms with Crippen LogP contribution in [0, 0.1) is 0 Å². The quantitative estimate of drug-likeness (QED) is 0.768. The molecule has 2 amide bonds. The normalized spacial score (nSPS) is 21.8. The van der Waals surface area contributed by atoms with E-state index in [-0.39, 0.29) is 11.8 Å². The summed E-state index contributed by atoms with van der Waals surface area (Å²) in [5, 5.41) is 0. The van der Waals surface area contributed by atoms with Crippen molar-refractivity contribution in [3.8, 4) is 0 Å². The van der Waals surface area contributed by atoms with E-state index in [0.29, 0.717) is 13.1 Å². The lowest BCUT2D eigenvalue weighted by Gasteiger charge is -2.26. The maximum atomic E-state index is 12.3. The molecule has 0 radical (unpaired) electrons. The van der Waals surface area contributed by atoms with E-state index in [0.717, 1.165) is 52.0 Å². The Hall–Kier alpha value is -1.14. The van der Waals surface area contributed by atoms with Gasteiger partial charge in [0.25, 0.3) is 0 Å². The molecule has 21 heavy (non-hydrogen) atoms. The van der Waals surface area contributed by atoms with Gasteiger partial charge in [0.1, 0.15) is 0 Å². The van der Waals surface area contributed by atoms with E-state index in [9.17, 15) is 9.59 Å². The molecule has 1 saturated heterocycles. The molecular formula is C15H28N4O2. The second-order valence-corrected chi connectivity index (χ2v) is 6.14. The Bertz CT molecular complexity index is 391. The molecule has 6 heteroatoms. The van der Waals surface area contributed by atoms with Crippen molar-refractivity contribution in [2.24, 2.45) is 5.73 Å². The van der Waals surface area contributed by atoms with Crippen molar-refractivity contribution in [2.75, 3.05) is 45.8 Å². The van der Waals surface area contributed by atoms with Crippen LogP contribution >= 0.6 is 0 Å². The highest BCUT2D eigenvalue weighted by Gasteiger charge is 2.48. The Labute approximate surface area is 127 Å². The minimum Gasteiger partial charge on any atom is -0.342 e. The van der Waals surface area contributed by atoms with E-state index in [1.807, 2.05) is 23.6 Å². The summed E-state index contributed by atoms with van der Waals surface area (Å²) >= 11 is 0. The number of rotatable bonds is 5. The SMILES string of the molecule is CCN(CC)C(=O)CN1CCCN(C(=O)C2(N)CC2)CC1. The van der Waals surface area contributed by atoms with Crippen molar-refractivity contribution in [1.29, 1.82) is 0 Å². The van der Waals surface area contributed by atoms with Crippen LogP contribution in [0.4, 0.5) is 0 Å². The summed E-state index contributed by atoms with van der Waals surface area (Å²) in [5.41, 5.74) is 5.42. The first-order valence-electron chi connectivity index (χ1n) is 8.08. The Morgan fingerprint density at radius 1 is 1.10 bits per heavy atom. The van der Waals surface area contributed by atoms with Gasteiger partial charge in [0, 0.05) is 39.3 Å². The van der Waals surface area contributed by atoms with Crippen molar-refractivity contribution >= 4 is 11.8 Å². The summed E-state index contributed by atoms with van der Waals surface area (Å²) in [6, 6.07) is 0. The zero-order valence-electron chi connectivity index (χ0n) is 13.3. The molecule has 1 saturated carbocycles. The molecule has 6 nitrogen and oxygen atoms in total. The van der Waals surface area contributed by atoms with E-state index < -0.39 is 5.54 Å². The van der Waals surface area contributed by atoms with Crippen LogP contribution in [-0.2, 0) is 9.59 Å². The number of hydrogen-bond donors (Lipinski definition) is 1. The monoisotopic (exact) mass is 296 g/mol. The molecule has 0 aromatic carbocycles. The third kappa shape index (κ3) is 3.95. The lowest BCUT2D eigenvalue weighted by Crippen LogP contribution is -2.47. The molecule has 1 heterocycles. The Morgan fingerprint density at radius 2 is 1.76 bits per heavy atom. The van der Waals surface area contributed by atoms with Gasteiger partial charge >= 0.3 is 0 Å². The van der Waals surface area contributed by atoms with Crippen LogP contribution in [-0.4, -0.2) is 77.9 Å². The second-order valence-electron chi connectivity index (χ2n) is 6.14. The van der Waals surface area contributed by atoms with Crippen LogP contribution < -0.4 is 5.73 Å². The van der Waals surface area contributed by atoms with Gasteiger partial charge in [-0.1, -0.05) is 0 Å². The standard InChI is InChI=1S/C15H28N4O2/c1-3-18(4-2)13(20)12-17-8-5-9-19(11-10-17)14(21)15(16)6-7-15/h3-12,16H2,1-2H3. The fraction of sp³-hybridized carbons (Fsp3) is 0.867. The summed E-state index contributed by atoms with van der Waals surface area (Å²) < 4.78 is 0. The number of carbonyl (C=O) groups is 2. The molecule has 2 aliphatic rings. The first kappa shape index (κ1) is 16.2. The van der Waals surface area contributed by atoms with E-state index in [4.69, 9.17) is 5.73 Å². The van der Waals surface area contributed by atoms with Crippen molar-refractivity contribution in [3.63, 3.8) is 0 Å². The molecule has 0 bridgehead atoms. The molecule has 0 unspecified atom stereocenters. The van der Waals surface area contributed by atoms with Crippen LogP contribution in [0.2, 0.25) is 0 Å². The second kappa shape index (κ2) is 6.75. The van der Waals surface area contributed by atoms with Gasteiger partial charge in [-0.2, -0.15) is 0 Å². The van der Waals surface area contributed by atoms with Gasteiger partial charge < -0.3 is 15.5 Å². The maximum absolute atomic E-state index is 12.3. The lowest BCUT2D eigenvalue weighted by atomic mass is 10.2. The van der Waals surface area contributed by atoms with Crippen molar-refractivity contribution in [3.05, 3.63) is 0 Å². The largest absolute Gasteiger partial charge is 0.342 e.